The number of ether oxygens (including phenoxy) is 1. The van der Waals surface area contributed by atoms with Crippen LogP contribution in [0.15, 0.2) is 48.8 Å². The van der Waals surface area contributed by atoms with Crippen molar-refractivity contribution >= 4 is 42.0 Å². The van der Waals surface area contributed by atoms with Crippen LogP contribution >= 0.6 is 7.82 Å². The summed E-state index contributed by atoms with van der Waals surface area (Å²) in [5.41, 5.74) is -0.521. The molecule has 2 aromatic carbocycles. The molecule has 0 spiro atoms. The monoisotopic (exact) mass is 757 g/mol. The fraction of sp³-hybridized carbons (Fsp3) is 0.514. The van der Waals surface area contributed by atoms with Crippen molar-refractivity contribution in [1.82, 2.24) is 25.5 Å². The number of nitrogens with zero attached hydrogens (tertiary/aromatic N) is 3. The molecule has 0 saturated heterocycles. The third-order valence-corrected chi connectivity index (χ3v) is 10.3. The number of aromatic amines is 1. The number of aromatic nitrogens is 4. The average Bonchev–Trinajstić information content (AvgIpc) is 3.75. The van der Waals surface area contributed by atoms with E-state index in [-0.39, 0.29) is 24.8 Å². The second-order valence-electron chi connectivity index (χ2n) is 15.1. The fourth-order valence-corrected chi connectivity index (χ4v) is 7.94. The Morgan fingerprint density at radius 2 is 1.74 bits per heavy atom. The van der Waals surface area contributed by atoms with Crippen LogP contribution in [-0.4, -0.2) is 63.1 Å². The summed E-state index contributed by atoms with van der Waals surface area (Å²) in [6.45, 7) is 12.0. The number of benzene rings is 2. The van der Waals surface area contributed by atoms with E-state index in [9.17, 15) is 18.1 Å². The molecule has 1 aliphatic carbocycles. The highest BCUT2D eigenvalue weighted by molar-refractivity contribution is 7.48. The van der Waals surface area contributed by atoms with Crippen molar-refractivity contribution in [3.63, 3.8) is 0 Å². The number of phosphoric acid groups is 1. The predicted octanol–water partition coefficient (Wildman–Crippen LogP) is 8.23. The third kappa shape index (κ3) is 12.3. The standard InChI is InChI=1S/C37H50F2N7O6P/c1-36(2,3)51-53(48,52-37(4,5)6)50-19-17-40-29(24-10-7-8-11-24)16-18-49-26-14-15-27-31(22-26)41-23-42-35(27)44-32-20-25(45-46-32)21-33(47)43-30-13-9-12-28(38)34(30)39/h9,12-15,20,22-24,29,40H,7-8,10-11,16-19,21H2,1-6H3,(H,43,47)(H2,41,42,44,45,46). The van der Waals surface area contributed by atoms with Crippen molar-refractivity contribution in [2.75, 3.05) is 30.4 Å². The molecular formula is C37H50F2N7O6P. The van der Waals surface area contributed by atoms with E-state index in [1.165, 1.54) is 31.3 Å². The minimum atomic E-state index is -3.79. The van der Waals surface area contributed by atoms with Gasteiger partial charge in [0, 0.05) is 35.8 Å². The van der Waals surface area contributed by atoms with E-state index in [0.717, 1.165) is 30.7 Å². The summed E-state index contributed by atoms with van der Waals surface area (Å²) in [5.74, 6) is -0.619. The van der Waals surface area contributed by atoms with Gasteiger partial charge in [-0.15, -0.1) is 0 Å². The number of phosphoric ester groups is 1. The van der Waals surface area contributed by atoms with E-state index >= 15 is 0 Å². The van der Waals surface area contributed by atoms with Gasteiger partial charge < -0.3 is 20.7 Å². The Kier molecular flexibility index (Phi) is 13.2. The summed E-state index contributed by atoms with van der Waals surface area (Å²) in [6.07, 6.45) is 6.73. The summed E-state index contributed by atoms with van der Waals surface area (Å²) >= 11 is 0. The van der Waals surface area contributed by atoms with Crippen LogP contribution < -0.4 is 20.7 Å². The summed E-state index contributed by atoms with van der Waals surface area (Å²) < 4.78 is 64.3. The Labute approximate surface area is 309 Å². The van der Waals surface area contributed by atoms with Gasteiger partial charge in [0.05, 0.1) is 42.0 Å². The lowest BCUT2D eigenvalue weighted by Crippen LogP contribution is -2.38. The minimum Gasteiger partial charge on any atom is -0.493 e. The molecule has 2 heterocycles. The van der Waals surface area contributed by atoms with Gasteiger partial charge >= 0.3 is 7.82 Å². The molecule has 2 aromatic heterocycles. The Morgan fingerprint density at radius 3 is 2.45 bits per heavy atom. The average molecular weight is 758 g/mol. The first-order valence-electron chi connectivity index (χ1n) is 17.9. The first-order chi connectivity index (χ1) is 25.1. The number of hydrogen-bond acceptors (Lipinski definition) is 11. The molecule has 4 aromatic rings. The van der Waals surface area contributed by atoms with Crippen LogP contribution in [0.3, 0.4) is 0 Å². The van der Waals surface area contributed by atoms with Crippen LogP contribution in [0.5, 0.6) is 5.75 Å². The Morgan fingerprint density at radius 1 is 1.00 bits per heavy atom. The van der Waals surface area contributed by atoms with Crippen molar-refractivity contribution in [3.05, 3.63) is 66.1 Å². The first-order valence-corrected chi connectivity index (χ1v) is 19.3. The van der Waals surface area contributed by atoms with Crippen LogP contribution in [0.4, 0.5) is 26.1 Å². The fourth-order valence-electron chi connectivity index (χ4n) is 6.14. The number of carbonyl (C=O) groups excluding carboxylic acids is 1. The van der Waals surface area contributed by atoms with Crippen molar-refractivity contribution in [2.24, 2.45) is 5.92 Å². The molecule has 4 N–H and O–H groups in total. The molecule has 0 radical (unpaired) electrons. The van der Waals surface area contributed by atoms with Gasteiger partial charge in [-0.2, -0.15) is 5.10 Å². The van der Waals surface area contributed by atoms with E-state index in [0.29, 0.717) is 47.7 Å². The molecule has 13 nitrogen and oxygen atoms in total. The molecule has 1 fully saturated rings. The van der Waals surface area contributed by atoms with Gasteiger partial charge in [-0.05, 0) is 91.0 Å². The molecule has 288 valence electrons. The molecule has 1 amide bonds. The molecule has 16 heteroatoms. The molecule has 53 heavy (non-hydrogen) atoms. The molecular weight excluding hydrogens is 707 g/mol. The smallest absolute Gasteiger partial charge is 0.475 e. The molecule has 1 aliphatic rings. The lowest BCUT2D eigenvalue weighted by Gasteiger charge is -2.31. The third-order valence-electron chi connectivity index (χ3n) is 8.26. The number of halogens is 2. The first kappa shape index (κ1) is 40.2. The zero-order valence-corrected chi connectivity index (χ0v) is 32.0. The van der Waals surface area contributed by atoms with Gasteiger partial charge in [0.25, 0.3) is 0 Å². The van der Waals surface area contributed by atoms with Crippen LogP contribution in [0.25, 0.3) is 10.9 Å². The SMILES string of the molecule is CC(C)(C)OP(=O)(OCCNC(CCOc1ccc2c(Nc3cc(CC(=O)Nc4cccc(F)c4F)[nH]n3)ncnc2c1)C1CCCC1)OC(C)(C)C. The maximum atomic E-state index is 13.9. The minimum absolute atomic E-state index is 0.137. The number of fused-ring (bicyclic) bond motifs is 1. The highest BCUT2D eigenvalue weighted by Crippen LogP contribution is 2.55. The summed E-state index contributed by atoms with van der Waals surface area (Å²) in [6, 6.07) is 11.0. The van der Waals surface area contributed by atoms with Crippen LogP contribution in [0.2, 0.25) is 0 Å². The van der Waals surface area contributed by atoms with Crippen LogP contribution in [-0.2, 0) is 29.4 Å². The Balaban J connectivity index is 1.14. The largest absolute Gasteiger partial charge is 0.493 e. The van der Waals surface area contributed by atoms with E-state index in [1.54, 1.807) is 6.07 Å². The van der Waals surface area contributed by atoms with E-state index in [1.807, 2.05) is 59.7 Å². The van der Waals surface area contributed by atoms with Crippen molar-refractivity contribution in [2.45, 2.75) is 97.3 Å². The molecule has 1 saturated carbocycles. The van der Waals surface area contributed by atoms with Crippen molar-refractivity contribution in [1.29, 1.82) is 0 Å². The maximum absolute atomic E-state index is 13.9. The summed E-state index contributed by atoms with van der Waals surface area (Å²) in [5, 5.41) is 16.8. The van der Waals surface area contributed by atoms with Gasteiger partial charge in [-0.1, -0.05) is 18.9 Å². The molecule has 1 unspecified atom stereocenters. The molecule has 5 rings (SSSR count). The maximum Gasteiger partial charge on any atom is 0.475 e. The van der Waals surface area contributed by atoms with Gasteiger partial charge in [0.2, 0.25) is 5.91 Å². The number of hydrogen-bond donors (Lipinski definition) is 4. The number of carbonyl (C=O) groups is 1. The van der Waals surface area contributed by atoms with Gasteiger partial charge in [0.15, 0.2) is 17.5 Å². The zero-order chi connectivity index (χ0) is 38.2. The Bertz CT molecular complexity index is 1870. The lowest BCUT2D eigenvalue weighted by atomic mass is 9.95. The van der Waals surface area contributed by atoms with E-state index < -0.39 is 36.6 Å². The quantitative estimate of drug-likeness (QED) is 0.0607. The summed E-state index contributed by atoms with van der Waals surface area (Å²) in [7, 11) is -3.79. The van der Waals surface area contributed by atoms with Gasteiger partial charge in [-0.3, -0.25) is 23.5 Å². The molecule has 1 atom stereocenters. The highest BCUT2D eigenvalue weighted by Gasteiger charge is 2.37. The number of amides is 1. The van der Waals surface area contributed by atoms with Crippen LogP contribution in [0.1, 0.15) is 79.3 Å². The second-order valence-corrected chi connectivity index (χ2v) is 16.6. The second kappa shape index (κ2) is 17.4. The number of rotatable bonds is 17. The number of H-pyrrole nitrogens is 1. The topological polar surface area (TPSA) is 162 Å². The summed E-state index contributed by atoms with van der Waals surface area (Å²) in [4.78, 5) is 21.2. The molecule has 0 aliphatic heterocycles. The lowest BCUT2D eigenvalue weighted by molar-refractivity contribution is -0.115. The zero-order valence-electron chi connectivity index (χ0n) is 31.1. The predicted molar refractivity (Wildman–Crippen MR) is 199 cm³/mol. The highest BCUT2D eigenvalue weighted by atomic mass is 31.2. The van der Waals surface area contributed by atoms with E-state index in [2.05, 4.69) is 36.1 Å². The van der Waals surface area contributed by atoms with Crippen molar-refractivity contribution in [3.8, 4) is 5.75 Å². The van der Waals surface area contributed by atoms with E-state index in [4.69, 9.17) is 18.3 Å². The number of nitrogens with one attached hydrogen (secondary N) is 4. The van der Waals surface area contributed by atoms with Gasteiger partial charge in [0.1, 0.15) is 17.9 Å². The normalized spacial score (nSPS) is 14.8. The number of anilines is 3. The van der Waals surface area contributed by atoms with Gasteiger partial charge in [-0.25, -0.2) is 23.3 Å². The molecule has 0 bridgehead atoms. The Hall–Kier alpha value is -4.01. The van der Waals surface area contributed by atoms with Crippen molar-refractivity contribution < 1.29 is 36.4 Å². The van der Waals surface area contributed by atoms with Crippen LogP contribution in [0, 0.1) is 17.6 Å².